The minimum Gasteiger partial charge on any atom is -0.316 e. The maximum Gasteiger partial charge on any atom is 0.137 e. The third-order valence-electron chi connectivity index (χ3n) is 3.07. The predicted octanol–water partition coefficient (Wildman–Crippen LogP) is 2.70. The number of carbonyl (C=O) groups is 1. The number of Topliss-reactive ketones (excluding diaryl/α,β-unsaturated/α-hetero) is 1. The van der Waals surface area contributed by atoms with Crippen molar-refractivity contribution in [3.8, 4) is 0 Å². The molecule has 0 radical (unpaired) electrons. The zero-order chi connectivity index (χ0) is 12.3. The topological polar surface area (TPSA) is 29.1 Å². The van der Waals surface area contributed by atoms with E-state index < -0.39 is 0 Å². The first-order valence-electron chi connectivity index (χ1n) is 5.81. The summed E-state index contributed by atoms with van der Waals surface area (Å²) in [5.41, 5.74) is 0.737. The van der Waals surface area contributed by atoms with Crippen molar-refractivity contribution in [1.82, 2.24) is 5.32 Å². The van der Waals surface area contributed by atoms with Gasteiger partial charge in [0.25, 0.3) is 0 Å². The van der Waals surface area contributed by atoms with Crippen molar-refractivity contribution in [3.63, 3.8) is 0 Å². The third kappa shape index (κ3) is 3.61. The van der Waals surface area contributed by atoms with Gasteiger partial charge < -0.3 is 5.32 Å². The molecule has 1 aliphatic heterocycles. The summed E-state index contributed by atoms with van der Waals surface area (Å²) >= 11 is 3.34. The van der Waals surface area contributed by atoms with Crippen LogP contribution >= 0.6 is 15.9 Å². The summed E-state index contributed by atoms with van der Waals surface area (Å²) in [4.78, 5) is 11.9. The Hall–Kier alpha value is -0.740. The lowest BCUT2D eigenvalue weighted by molar-refractivity contribution is -0.119. The van der Waals surface area contributed by atoms with Gasteiger partial charge in [0, 0.05) is 17.3 Å². The second kappa shape index (κ2) is 5.74. The minimum absolute atomic E-state index is 0.185. The Morgan fingerprint density at radius 2 is 2.35 bits per heavy atom. The normalized spacial score (nSPS) is 19.5. The van der Waals surface area contributed by atoms with Crippen molar-refractivity contribution in [2.75, 3.05) is 13.1 Å². The van der Waals surface area contributed by atoms with Crippen LogP contribution in [0.5, 0.6) is 0 Å². The Balaban J connectivity index is 1.95. The Bertz CT molecular complexity index is 416. The molecule has 2 nitrogen and oxygen atoms in total. The number of rotatable bonds is 4. The molecule has 1 saturated heterocycles. The van der Waals surface area contributed by atoms with Gasteiger partial charge in [-0.05, 0) is 49.2 Å². The molecule has 0 aromatic heterocycles. The highest BCUT2D eigenvalue weighted by Crippen LogP contribution is 2.20. The number of benzene rings is 1. The average molecular weight is 300 g/mol. The van der Waals surface area contributed by atoms with Crippen molar-refractivity contribution in [3.05, 3.63) is 34.1 Å². The molecule has 17 heavy (non-hydrogen) atoms. The number of hydrogen-bond donors (Lipinski definition) is 1. The molecule has 1 heterocycles. The van der Waals surface area contributed by atoms with Gasteiger partial charge in [-0.3, -0.25) is 4.79 Å². The summed E-state index contributed by atoms with van der Waals surface area (Å²) in [5.74, 6) is 0.346. The molecule has 1 fully saturated rings. The summed E-state index contributed by atoms with van der Waals surface area (Å²) in [6, 6.07) is 4.46. The minimum atomic E-state index is -0.293. The monoisotopic (exact) mass is 299 g/mol. The van der Waals surface area contributed by atoms with Crippen molar-refractivity contribution in [2.45, 2.75) is 19.3 Å². The maximum atomic E-state index is 13.1. The number of nitrogens with one attached hydrogen (secondary N) is 1. The predicted molar refractivity (Wildman–Crippen MR) is 68.4 cm³/mol. The maximum absolute atomic E-state index is 13.1. The molecule has 0 amide bonds. The highest BCUT2D eigenvalue weighted by molar-refractivity contribution is 9.10. The molecular formula is C13H15BrFNO. The molecule has 1 unspecified atom stereocenters. The molecule has 1 aromatic carbocycles. The molecule has 0 saturated carbocycles. The van der Waals surface area contributed by atoms with E-state index in [2.05, 4.69) is 21.2 Å². The lowest BCUT2D eigenvalue weighted by atomic mass is 9.98. The van der Waals surface area contributed by atoms with Crippen LogP contribution in [-0.2, 0) is 11.2 Å². The largest absolute Gasteiger partial charge is 0.316 e. The van der Waals surface area contributed by atoms with Gasteiger partial charge in [0.1, 0.15) is 11.6 Å². The van der Waals surface area contributed by atoms with Crippen LogP contribution in [0, 0.1) is 11.7 Å². The van der Waals surface area contributed by atoms with E-state index in [0.29, 0.717) is 18.8 Å². The molecule has 1 atom stereocenters. The van der Waals surface area contributed by atoms with Crippen molar-refractivity contribution < 1.29 is 9.18 Å². The van der Waals surface area contributed by atoms with E-state index in [1.807, 2.05) is 0 Å². The number of halogens is 2. The highest BCUT2D eigenvalue weighted by atomic mass is 79.9. The summed E-state index contributed by atoms with van der Waals surface area (Å²) in [5, 5.41) is 3.24. The molecule has 1 aliphatic rings. The van der Waals surface area contributed by atoms with Gasteiger partial charge in [0.05, 0.1) is 0 Å². The first kappa shape index (κ1) is 12.7. The average Bonchev–Trinajstić information content (AvgIpc) is 2.76. The van der Waals surface area contributed by atoms with Gasteiger partial charge in [-0.2, -0.15) is 0 Å². The zero-order valence-electron chi connectivity index (χ0n) is 9.51. The Morgan fingerprint density at radius 3 is 3.06 bits per heavy atom. The molecule has 0 bridgehead atoms. The second-order valence-electron chi connectivity index (χ2n) is 4.51. The standard InChI is InChI=1S/C13H15BrFNO/c14-13-2-1-11(15)6-10(13)7-12(17)5-9-3-4-16-8-9/h1-2,6,9,16H,3-5,7-8H2. The van der Waals surface area contributed by atoms with E-state index in [4.69, 9.17) is 0 Å². The van der Waals surface area contributed by atoms with Crippen LogP contribution in [0.4, 0.5) is 4.39 Å². The SMILES string of the molecule is O=C(Cc1cc(F)ccc1Br)CC1CCNC1. The smallest absolute Gasteiger partial charge is 0.137 e. The van der Waals surface area contributed by atoms with Crippen LogP contribution in [0.25, 0.3) is 0 Å². The quantitative estimate of drug-likeness (QED) is 0.926. The van der Waals surface area contributed by atoms with Crippen molar-refractivity contribution in [2.24, 2.45) is 5.92 Å². The lowest BCUT2D eigenvalue weighted by Gasteiger charge is -2.08. The first-order chi connectivity index (χ1) is 8.15. The molecule has 92 valence electrons. The summed E-state index contributed by atoms with van der Waals surface area (Å²) in [6.07, 6.45) is 1.97. The Kier molecular flexibility index (Phi) is 4.29. The second-order valence-corrected chi connectivity index (χ2v) is 5.37. The van der Waals surface area contributed by atoms with Crippen LogP contribution in [0.15, 0.2) is 22.7 Å². The number of ketones is 1. The fraction of sp³-hybridized carbons (Fsp3) is 0.462. The summed E-state index contributed by atoms with van der Waals surface area (Å²) in [6.45, 7) is 1.93. The van der Waals surface area contributed by atoms with Crippen molar-refractivity contribution in [1.29, 1.82) is 0 Å². The Morgan fingerprint density at radius 1 is 1.53 bits per heavy atom. The molecule has 1 aromatic rings. The fourth-order valence-electron chi connectivity index (χ4n) is 2.17. The molecule has 2 rings (SSSR count). The molecule has 4 heteroatoms. The fourth-order valence-corrected chi connectivity index (χ4v) is 2.56. The lowest BCUT2D eigenvalue weighted by Crippen LogP contribution is -2.14. The van der Waals surface area contributed by atoms with E-state index in [-0.39, 0.29) is 11.6 Å². The third-order valence-corrected chi connectivity index (χ3v) is 3.85. The van der Waals surface area contributed by atoms with Crippen LogP contribution in [0.2, 0.25) is 0 Å². The van der Waals surface area contributed by atoms with Gasteiger partial charge in [-0.1, -0.05) is 15.9 Å². The number of carbonyl (C=O) groups excluding carboxylic acids is 1. The van der Waals surface area contributed by atoms with E-state index in [0.717, 1.165) is 29.5 Å². The number of hydrogen-bond acceptors (Lipinski definition) is 2. The molecule has 1 N–H and O–H groups in total. The van der Waals surface area contributed by atoms with Gasteiger partial charge in [0.15, 0.2) is 0 Å². The van der Waals surface area contributed by atoms with Gasteiger partial charge in [-0.25, -0.2) is 4.39 Å². The van der Waals surface area contributed by atoms with Crippen LogP contribution in [0.1, 0.15) is 18.4 Å². The van der Waals surface area contributed by atoms with E-state index in [1.54, 1.807) is 6.07 Å². The summed E-state index contributed by atoms with van der Waals surface area (Å²) < 4.78 is 13.9. The van der Waals surface area contributed by atoms with E-state index in [9.17, 15) is 9.18 Å². The van der Waals surface area contributed by atoms with E-state index >= 15 is 0 Å². The zero-order valence-corrected chi connectivity index (χ0v) is 11.1. The molecule has 0 spiro atoms. The first-order valence-corrected chi connectivity index (χ1v) is 6.61. The molecule has 0 aliphatic carbocycles. The Labute approximate surface area is 109 Å². The van der Waals surface area contributed by atoms with E-state index in [1.165, 1.54) is 12.1 Å². The van der Waals surface area contributed by atoms with Crippen LogP contribution in [-0.4, -0.2) is 18.9 Å². The summed E-state index contributed by atoms with van der Waals surface area (Å²) in [7, 11) is 0. The van der Waals surface area contributed by atoms with Crippen LogP contribution in [0.3, 0.4) is 0 Å². The van der Waals surface area contributed by atoms with Gasteiger partial charge in [-0.15, -0.1) is 0 Å². The van der Waals surface area contributed by atoms with Crippen molar-refractivity contribution >= 4 is 21.7 Å². The van der Waals surface area contributed by atoms with Gasteiger partial charge in [0.2, 0.25) is 0 Å². The molecular weight excluding hydrogens is 285 g/mol. The van der Waals surface area contributed by atoms with Gasteiger partial charge >= 0.3 is 0 Å². The van der Waals surface area contributed by atoms with Crippen LogP contribution < -0.4 is 5.32 Å². The highest BCUT2D eigenvalue weighted by Gasteiger charge is 2.18.